The van der Waals surface area contributed by atoms with E-state index in [0.717, 1.165) is 24.6 Å². The zero-order valence-corrected chi connectivity index (χ0v) is 15.5. The molecule has 4 heterocycles. The molecule has 0 saturated carbocycles. The first-order chi connectivity index (χ1) is 13.7. The molecule has 1 unspecified atom stereocenters. The van der Waals surface area contributed by atoms with Crippen LogP contribution in [-0.4, -0.2) is 64.6 Å². The summed E-state index contributed by atoms with van der Waals surface area (Å²) >= 11 is 0. The molecule has 28 heavy (non-hydrogen) atoms. The van der Waals surface area contributed by atoms with Crippen molar-refractivity contribution in [2.45, 2.75) is 12.8 Å². The van der Waals surface area contributed by atoms with Gasteiger partial charge in [0.1, 0.15) is 0 Å². The molecule has 2 aliphatic heterocycles. The number of carbonyl (C=O) groups is 2. The molecule has 0 spiro atoms. The van der Waals surface area contributed by atoms with E-state index < -0.39 is 0 Å². The summed E-state index contributed by atoms with van der Waals surface area (Å²) < 4.78 is 0. The predicted molar refractivity (Wildman–Crippen MR) is 104 cm³/mol. The van der Waals surface area contributed by atoms with Crippen molar-refractivity contribution in [2.75, 3.05) is 42.9 Å². The molecule has 2 aromatic heterocycles. The molecule has 0 bridgehead atoms. The normalized spacial score (nSPS) is 19.9. The standard InChI is InChI=1S/C19H23N7O2/c27-18-4-1-14(13-21-18)19(28)26-11-9-25(10-12-26)17-3-2-16(23-24-17)22-15-5-7-20-8-6-15/h2-3,5-8,14H,1,4,9-13H2,(H,21,27)(H,20,22,23). The first kappa shape index (κ1) is 18.1. The van der Waals surface area contributed by atoms with E-state index in [9.17, 15) is 9.59 Å². The summed E-state index contributed by atoms with van der Waals surface area (Å²) in [7, 11) is 0. The van der Waals surface area contributed by atoms with E-state index in [1.54, 1.807) is 12.4 Å². The second kappa shape index (κ2) is 8.20. The molecule has 2 saturated heterocycles. The Labute approximate surface area is 163 Å². The minimum atomic E-state index is -0.0948. The van der Waals surface area contributed by atoms with Crippen LogP contribution in [0.1, 0.15) is 12.8 Å². The van der Waals surface area contributed by atoms with Gasteiger partial charge in [0, 0.05) is 57.2 Å². The first-order valence-electron chi connectivity index (χ1n) is 9.50. The number of piperazine rings is 1. The Balaban J connectivity index is 1.30. The van der Waals surface area contributed by atoms with Crippen LogP contribution in [0.15, 0.2) is 36.7 Å². The van der Waals surface area contributed by atoms with Crippen molar-refractivity contribution in [1.82, 2.24) is 25.4 Å². The Bertz CT molecular complexity index is 810. The molecule has 9 nitrogen and oxygen atoms in total. The average molecular weight is 381 g/mol. The highest BCUT2D eigenvalue weighted by Gasteiger charge is 2.30. The number of hydrogen-bond donors (Lipinski definition) is 2. The molecular formula is C19H23N7O2. The quantitative estimate of drug-likeness (QED) is 0.807. The van der Waals surface area contributed by atoms with E-state index in [2.05, 4.69) is 30.7 Å². The Morgan fingerprint density at radius 1 is 1.07 bits per heavy atom. The molecule has 146 valence electrons. The molecule has 2 aliphatic rings. The largest absolute Gasteiger partial charge is 0.355 e. The van der Waals surface area contributed by atoms with Crippen LogP contribution in [0.2, 0.25) is 0 Å². The predicted octanol–water partition coefficient (Wildman–Crippen LogP) is 0.790. The van der Waals surface area contributed by atoms with Crippen LogP contribution in [0.5, 0.6) is 0 Å². The van der Waals surface area contributed by atoms with Crippen LogP contribution in [0.25, 0.3) is 0 Å². The third-order valence-corrected chi connectivity index (χ3v) is 5.13. The van der Waals surface area contributed by atoms with Crippen molar-refractivity contribution in [3.63, 3.8) is 0 Å². The van der Waals surface area contributed by atoms with Crippen molar-refractivity contribution in [3.8, 4) is 0 Å². The number of carbonyl (C=O) groups excluding carboxylic acids is 2. The maximum atomic E-state index is 12.6. The molecule has 2 N–H and O–H groups in total. The number of pyridine rings is 1. The van der Waals surface area contributed by atoms with Gasteiger partial charge in [-0.1, -0.05) is 0 Å². The lowest BCUT2D eigenvalue weighted by atomic mass is 9.97. The summed E-state index contributed by atoms with van der Waals surface area (Å²) in [5, 5.41) is 14.5. The Kier molecular flexibility index (Phi) is 5.31. The Morgan fingerprint density at radius 2 is 1.86 bits per heavy atom. The number of nitrogens with zero attached hydrogens (tertiary/aromatic N) is 5. The minimum Gasteiger partial charge on any atom is -0.355 e. The highest BCUT2D eigenvalue weighted by atomic mass is 16.2. The van der Waals surface area contributed by atoms with E-state index in [1.165, 1.54) is 0 Å². The molecule has 4 rings (SSSR count). The van der Waals surface area contributed by atoms with Crippen LogP contribution in [-0.2, 0) is 9.59 Å². The fourth-order valence-corrected chi connectivity index (χ4v) is 3.50. The minimum absolute atomic E-state index is 0.0364. The fraction of sp³-hybridized carbons (Fsp3) is 0.421. The van der Waals surface area contributed by atoms with Crippen molar-refractivity contribution < 1.29 is 9.59 Å². The van der Waals surface area contributed by atoms with Crippen molar-refractivity contribution in [1.29, 1.82) is 0 Å². The Hall–Kier alpha value is -3.23. The van der Waals surface area contributed by atoms with Crippen LogP contribution in [0.3, 0.4) is 0 Å². The number of piperidine rings is 1. The van der Waals surface area contributed by atoms with Gasteiger partial charge in [0.2, 0.25) is 11.8 Å². The third-order valence-electron chi connectivity index (χ3n) is 5.13. The molecule has 2 aromatic rings. The number of anilines is 3. The lowest BCUT2D eigenvalue weighted by Crippen LogP contribution is -2.52. The summed E-state index contributed by atoms with van der Waals surface area (Å²) in [5.74, 6) is 1.56. The van der Waals surface area contributed by atoms with E-state index in [-0.39, 0.29) is 17.7 Å². The molecule has 2 fully saturated rings. The molecular weight excluding hydrogens is 358 g/mol. The van der Waals surface area contributed by atoms with Gasteiger partial charge in [-0.25, -0.2) is 0 Å². The van der Waals surface area contributed by atoms with Crippen molar-refractivity contribution in [3.05, 3.63) is 36.7 Å². The van der Waals surface area contributed by atoms with Crippen LogP contribution >= 0.6 is 0 Å². The van der Waals surface area contributed by atoms with Gasteiger partial charge >= 0.3 is 0 Å². The number of nitrogens with one attached hydrogen (secondary N) is 2. The second-order valence-electron chi connectivity index (χ2n) is 6.99. The van der Waals surface area contributed by atoms with Gasteiger partial charge in [0.15, 0.2) is 11.6 Å². The van der Waals surface area contributed by atoms with Gasteiger partial charge in [-0.3, -0.25) is 14.6 Å². The van der Waals surface area contributed by atoms with Crippen LogP contribution in [0.4, 0.5) is 17.3 Å². The third kappa shape index (κ3) is 4.19. The zero-order valence-electron chi connectivity index (χ0n) is 15.5. The van der Waals surface area contributed by atoms with Gasteiger partial charge < -0.3 is 20.4 Å². The smallest absolute Gasteiger partial charge is 0.227 e. The number of amides is 2. The molecule has 0 aromatic carbocycles. The SMILES string of the molecule is O=C1CCC(C(=O)N2CCN(c3ccc(Nc4ccncc4)nn3)CC2)CN1. The highest BCUT2D eigenvalue weighted by molar-refractivity contribution is 5.84. The lowest BCUT2D eigenvalue weighted by molar-refractivity contribution is -0.137. The Morgan fingerprint density at radius 3 is 2.50 bits per heavy atom. The summed E-state index contributed by atoms with van der Waals surface area (Å²) in [6.45, 7) is 3.20. The second-order valence-corrected chi connectivity index (χ2v) is 6.99. The molecule has 1 atom stereocenters. The van der Waals surface area contributed by atoms with Gasteiger partial charge in [0.25, 0.3) is 0 Å². The first-order valence-corrected chi connectivity index (χ1v) is 9.50. The summed E-state index contributed by atoms with van der Waals surface area (Å²) in [6.07, 6.45) is 4.51. The highest BCUT2D eigenvalue weighted by Crippen LogP contribution is 2.19. The lowest BCUT2D eigenvalue weighted by Gasteiger charge is -2.37. The fourth-order valence-electron chi connectivity index (χ4n) is 3.50. The molecule has 0 radical (unpaired) electrons. The maximum Gasteiger partial charge on any atom is 0.227 e. The average Bonchev–Trinajstić information content (AvgIpc) is 2.75. The number of rotatable bonds is 4. The van der Waals surface area contributed by atoms with Crippen molar-refractivity contribution >= 4 is 29.1 Å². The van der Waals surface area contributed by atoms with Gasteiger partial charge in [0.05, 0.1) is 5.92 Å². The summed E-state index contributed by atoms with van der Waals surface area (Å²) in [5.41, 5.74) is 0.906. The van der Waals surface area contributed by atoms with E-state index in [0.29, 0.717) is 38.3 Å². The monoisotopic (exact) mass is 381 g/mol. The van der Waals surface area contributed by atoms with E-state index >= 15 is 0 Å². The van der Waals surface area contributed by atoms with E-state index in [1.807, 2.05) is 29.2 Å². The maximum absolute atomic E-state index is 12.6. The summed E-state index contributed by atoms with van der Waals surface area (Å²) in [4.78, 5) is 31.9. The number of aromatic nitrogens is 3. The van der Waals surface area contributed by atoms with Crippen LogP contribution in [0, 0.1) is 5.92 Å². The van der Waals surface area contributed by atoms with Gasteiger partial charge in [-0.05, 0) is 30.7 Å². The molecule has 2 amide bonds. The number of hydrogen-bond acceptors (Lipinski definition) is 7. The van der Waals surface area contributed by atoms with E-state index in [4.69, 9.17) is 0 Å². The van der Waals surface area contributed by atoms with Gasteiger partial charge in [-0.2, -0.15) is 0 Å². The van der Waals surface area contributed by atoms with Crippen molar-refractivity contribution in [2.24, 2.45) is 5.92 Å². The summed E-state index contributed by atoms with van der Waals surface area (Å²) in [6, 6.07) is 7.56. The van der Waals surface area contributed by atoms with Crippen LogP contribution < -0.4 is 15.5 Å². The molecule has 9 heteroatoms. The molecule has 0 aliphatic carbocycles. The van der Waals surface area contributed by atoms with Gasteiger partial charge in [-0.15, -0.1) is 10.2 Å². The zero-order chi connectivity index (χ0) is 19.3. The topological polar surface area (TPSA) is 103 Å².